The zero-order valence-electron chi connectivity index (χ0n) is 11.0. The van der Waals surface area contributed by atoms with E-state index in [4.69, 9.17) is 5.73 Å². The van der Waals surface area contributed by atoms with Crippen LogP contribution in [0.2, 0.25) is 0 Å². The van der Waals surface area contributed by atoms with E-state index in [1.165, 1.54) is 23.9 Å². The third-order valence-corrected chi connectivity index (χ3v) is 3.97. The summed E-state index contributed by atoms with van der Waals surface area (Å²) in [5.41, 5.74) is 7.91. The number of nitrogens with one attached hydrogen (secondary N) is 1. The van der Waals surface area contributed by atoms with Gasteiger partial charge in [-0.15, -0.1) is 0 Å². The van der Waals surface area contributed by atoms with Crippen LogP contribution in [-0.4, -0.2) is 15.9 Å². The van der Waals surface area contributed by atoms with Gasteiger partial charge in [0.1, 0.15) is 11.3 Å². The highest BCUT2D eigenvalue weighted by atomic mass is 32.2. The molecule has 0 aliphatic carbocycles. The minimum Gasteiger partial charge on any atom is -0.366 e. The predicted octanol–water partition coefficient (Wildman–Crippen LogP) is 3.09. The number of thioether (sulfide) groups is 1. The van der Waals surface area contributed by atoms with Crippen molar-refractivity contribution >= 4 is 28.7 Å². The van der Waals surface area contributed by atoms with Gasteiger partial charge in [0.2, 0.25) is 0 Å². The third kappa shape index (κ3) is 2.90. The molecule has 3 rings (SSSR count). The molecule has 6 heteroatoms. The lowest BCUT2D eigenvalue weighted by Crippen LogP contribution is -2.11. The van der Waals surface area contributed by atoms with Gasteiger partial charge in [0.05, 0.1) is 11.1 Å². The Morgan fingerprint density at radius 2 is 2.10 bits per heavy atom. The number of hydrogen-bond donors (Lipinski definition) is 2. The number of nitrogens with two attached hydrogens (primary N) is 1. The van der Waals surface area contributed by atoms with E-state index in [0.29, 0.717) is 22.0 Å². The summed E-state index contributed by atoms with van der Waals surface area (Å²) in [6.45, 7) is 0. The molecular weight excluding hydrogens is 289 g/mol. The molecule has 0 saturated carbocycles. The second-order valence-electron chi connectivity index (χ2n) is 4.53. The molecule has 3 aromatic rings. The minimum absolute atomic E-state index is 0.256. The largest absolute Gasteiger partial charge is 0.366 e. The van der Waals surface area contributed by atoms with Crippen molar-refractivity contribution in [1.29, 1.82) is 0 Å². The van der Waals surface area contributed by atoms with Crippen molar-refractivity contribution in [1.82, 2.24) is 9.97 Å². The molecule has 0 saturated heterocycles. The summed E-state index contributed by atoms with van der Waals surface area (Å²) in [6.07, 6.45) is 0. The molecule has 0 aliphatic rings. The Labute approximate surface area is 124 Å². The Bertz CT molecular complexity index is 816. The minimum atomic E-state index is -0.506. The fourth-order valence-corrected chi connectivity index (χ4v) is 2.88. The Kier molecular flexibility index (Phi) is 3.62. The number of fused-ring (bicyclic) bond motifs is 1. The first-order valence-electron chi connectivity index (χ1n) is 6.29. The van der Waals surface area contributed by atoms with Crippen molar-refractivity contribution in [2.24, 2.45) is 5.73 Å². The van der Waals surface area contributed by atoms with Crippen LogP contribution in [0.1, 0.15) is 15.9 Å². The van der Waals surface area contributed by atoms with E-state index in [9.17, 15) is 9.18 Å². The second-order valence-corrected chi connectivity index (χ2v) is 5.49. The lowest BCUT2D eigenvalue weighted by atomic mass is 10.2. The van der Waals surface area contributed by atoms with Crippen LogP contribution >= 0.6 is 11.8 Å². The molecule has 0 fully saturated rings. The van der Waals surface area contributed by atoms with Crippen molar-refractivity contribution in [3.8, 4) is 0 Å². The highest BCUT2D eigenvalue weighted by Crippen LogP contribution is 2.24. The number of rotatable bonds is 4. The number of carbonyl (C=O) groups excluding carboxylic acids is 1. The molecule has 1 aromatic heterocycles. The Hall–Kier alpha value is -2.34. The van der Waals surface area contributed by atoms with E-state index in [2.05, 4.69) is 9.97 Å². The van der Waals surface area contributed by atoms with Crippen LogP contribution in [-0.2, 0) is 5.75 Å². The normalized spacial score (nSPS) is 10.9. The molecule has 1 amide bonds. The number of amides is 1. The average molecular weight is 301 g/mol. The molecule has 1 heterocycles. The predicted molar refractivity (Wildman–Crippen MR) is 80.6 cm³/mol. The molecule has 0 bridgehead atoms. The van der Waals surface area contributed by atoms with Gasteiger partial charge in [0, 0.05) is 5.75 Å². The lowest BCUT2D eigenvalue weighted by Gasteiger charge is -1.98. The molecule has 2 aromatic carbocycles. The second kappa shape index (κ2) is 5.57. The molecule has 21 heavy (non-hydrogen) atoms. The number of imidazole rings is 1. The van der Waals surface area contributed by atoms with E-state index in [1.54, 1.807) is 18.2 Å². The molecule has 106 valence electrons. The van der Waals surface area contributed by atoms with E-state index < -0.39 is 5.91 Å². The number of nitrogens with zero attached hydrogens (tertiary/aromatic N) is 1. The zero-order chi connectivity index (χ0) is 14.8. The van der Waals surface area contributed by atoms with Crippen LogP contribution in [0.4, 0.5) is 4.39 Å². The number of H-pyrrole nitrogens is 1. The van der Waals surface area contributed by atoms with Gasteiger partial charge in [-0.25, -0.2) is 9.37 Å². The average Bonchev–Trinajstić information content (AvgIpc) is 2.87. The highest BCUT2D eigenvalue weighted by Gasteiger charge is 2.11. The quantitative estimate of drug-likeness (QED) is 0.727. The Morgan fingerprint density at radius 3 is 2.86 bits per heavy atom. The van der Waals surface area contributed by atoms with Crippen LogP contribution in [0.25, 0.3) is 11.0 Å². The molecule has 0 atom stereocenters. The summed E-state index contributed by atoms with van der Waals surface area (Å²) < 4.78 is 13.1. The number of aromatic amines is 1. The van der Waals surface area contributed by atoms with E-state index in [-0.39, 0.29) is 5.82 Å². The molecule has 0 radical (unpaired) electrons. The number of aromatic nitrogens is 2. The first-order chi connectivity index (χ1) is 10.1. The molecule has 0 unspecified atom stereocenters. The van der Waals surface area contributed by atoms with Crippen LogP contribution in [0.5, 0.6) is 0 Å². The summed E-state index contributed by atoms with van der Waals surface area (Å²) in [7, 11) is 0. The van der Waals surface area contributed by atoms with Gasteiger partial charge in [-0.1, -0.05) is 30.0 Å². The molecule has 4 nitrogen and oxygen atoms in total. The first kappa shape index (κ1) is 13.6. The number of primary amides is 1. The van der Waals surface area contributed by atoms with E-state index in [0.717, 1.165) is 11.1 Å². The third-order valence-electron chi connectivity index (χ3n) is 3.02. The van der Waals surface area contributed by atoms with E-state index in [1.807, 2.05) is 12.1 Å². The maximum absolute atomic E-state index is 13.1. The zero-order valence-corrected chi connectivity index (χ0v) is 11.8. The van der Waals surface area contributed by atoms with Crippen LogP contribution in [0.3, 0.4) is 0 Å². The van der Waals surface area contributed by atoms with Crippen LogP contribution in [0.15, 0.2) is 47.6 Å². The van der Waals surface area contributed by atoms with Crippen LogP contribution < -0.4 is 5.73 Å². The number of benzene rings is 2. The van der Waals surface area contributed by atoms with Gasteiger partial charge >= 0.3 is 0 Å². The number of hydrogen-bond acceptors (Lipinski definition) is 3. The number of carbonyl (C=O) groups is 1. The topological polar surface area (TPSA) is 71.8 Å². The maximum atomic E-state index is 13.1. The highest BCUT2D eigenvalue weighted by molar-refractivity contribution is 7.98. The SMILES string of the molecule is NC(=O)c1cccc2[nH]c(SCc3cccc(F)c3)nc12. The lowest BCUT2D eigenvalue weighted by molar-refractivity contribution is 0.100. The molecular formula is C15H12FN3OS. The Morgan fingerprint density at radius 1 is 1.29 bits per heavy atom. The molecule has 0 spiro atoms. The van der Waals surface area contributed by atoms with Gasteiger partial charge in [0.15, 0.2) is 5.16 Å². The molecule has 3 N–H and O–H groups in total. The Balaban J connectivity index is 1.85. The van der Waals surface area contributed by atoms with Crippen molar-refractivity contribution in [2.45, 2.75) is 10.9 Å². The summed E-state index contributed by atoms with van der Waals surface area (Å²) in [5, 5.41) is 0.669. The standard InChI is InChI=1S/C15H12FN3OS/c16-10-4-1-3-9(7-10)8-21-15-18-12-6-2-5-11(14(17)20)13(12)19-15/h1-7H,8H2,(H2,17,20)(H,18,19). The number of halogens is 1. The summed E-state index contributed by atoms with van der Waals surface area (Å²) in [5.74, 6) is -0.175. The van der Waals surface area contributed by atoms with E-state index >= 15 is 0 Å². The van der Waals surface area contributed by atoms with Gasteiger partial charge in [0.25, 0.3) is 5.91 Å². The van der Waals surface area contributed by atoms with Crippen molar-refractivity contribution in [3.05, 3.63) is 59.4 Å². The fourth-order valence-electron chi connectivity index (χ4n) is 2.06. The molecule has 0 aliphatic heterocycles. The van der Waals surface area contributed by atoms with Crippen molar-refractivity contribution < 1.29 is 9.18 Å². The maximum Gasteiger partial charge on any atom is 0.250 e. The first-order valence-corrected chi connectivity index (χ1v) is 7.28. The number of para-hydroxylation sites is 1. The van der Waals surface area contributed by atoms with Gasteiger partial charge in [-0.2, -0.15) is 0 Å². The fraction of sp³-hybridized carbons (Fsp3) is 0.0667. The van der Waals surface area contributed by atoms with Gasteiger partial charge in [-0.05, 0) is 29.8 Å². The summed E-state index contributed by atoms with van der Waals surface area (Å²) in [4.78, 5) is 18.9. The summed E-state index contributed by atoms with van der Waals surface area (Å²) >= 11 is 1.44. The van der Waals surface area contributed by atoms with Crippen molar-refractivity contribution in [3.63, 3.8) is 0 Å². The van der Waals surface area contributed by atoms with Gasteiger partial charge in [-0.3, -0.25) is 4.79 Å². The van der Waals surface area contributed by atoms with Crippen LogP contribution in [0, 0.1) is 5.82 Å². The monoisotopic (exact) mass is 301 g/mol. The summed E-state index contributed by atoms with van der Waals surface area (Å²) in [6, 6.07) is 11.7. The smallest absolute Gasteiger partial charge is 0.250 e. The van der Waals surface area contributed by atoms with Crippen molar-refractivity contribution in [2.75, 3.05) is 0 Å². The van der Waals surface area contributed by atoms with Gasteiger partial charge < -0.3 is 10.7 Å².